The third kappa shape index (κ3) is 2.53. The monoisotopic (exact) mass is 247 g/mol. The minimum absolute atomic E-state index is 0.158. The van der Waals surface area contributed by atoms with Gasteiger partial charge in [0.25, 0.3) is 0 Å². The lowest BCUT2D eigenvalue weighted by atomic mass is 9.85. The van der Waals surface area contributed by atoms with E-state index in [2.05, 4.69) is 0 Å². The summed E-state index contributed by atoms with van der Waals surface area (Å²) in [5.74, 6) is -0.845. The number of carboxylic acids is 1. The van der Waals surface area contributed by atoms with Crippen molar-refractivity contribution in [1.82, 2.24) is 4.90 Å². The minimum atomic E-state index is -0.911. The van der Waals surface area contributed by atoms with Gasteiger partial charge in [0.05, 0.1) is 0 Å². The van der Waals surface area contributed by atoms with E-state index < -0.39 is 12.0 Å². The van der Waals surface area contributed by atoms with Crippen molar-refractivity contribution in [1.29, 1.82) is 0 Å². The summed E-state index contributed by atoms with van der Waals surface area (Å²) in [5, 5.41) is 9.23. The second kappa shape index (κ2) is 5.21. The molecule has 4 heteroatoms. The highest BCUT2D eigenvalue weighted by atomic mass is 16.4. The minimum Gasteiger partial charge on any atom is -0.480 e. The van der Waals surface area contributed by atoms with Crippen LogP contribution in [0.2, 0.25) is 0 Å². The second-order valence-corrected chi connectivity index (χ2v) is 4.70. The predicted octanol–water partition coefficient (Wildman–Crippen LogP) is 1.87. The molecule has 1 saturated heterocycles. The fourth-order valence-electron chi connectivity index (χ4n) is 2.60. The molecule has 1 aliphatic heterocycles. The molecule has 1 fully saturated rings. The first-order valence-corrected chi connectivity index (χ1v) is 6.14. The number of carboxylic acid groups (broad SMARTS) is 1. The molecule has 0 aromatic heterocycles. The van der Waals surface area contributed by atoms with Gasteiger partial charge in [0.1, 0.15) is 6.04 Å². The number of hydrogen-bond acceptors (Lipinski definition) is 2. The largest absolute Gasteiger partial charge is 0.480 e. The summed E-state index contributed by atoms with van der Waals surface area (Å²) in [6.07, 6.45) is 1.33. The van der Waals surface area contributed by atoms with Gasteiger partial charge >= 0.3 is 5.97 Å². The molecule has 4 nitrogen and oxygen atoms in total. The average molecular weight is 247 g/mol. The smallest absolute Gasteiger partial charge is 0.326 e. The fraction of sp³-hybridized carbons (Fsp3) is 0.429. The molecule has 0 spiro atoms. The predicted molar refractivity (Wildman–Crippen MR) is 67.2 cm³/mol. The first-order valence-electron chi connectivity index (χ1n) is 6.14. The van der Waals surface area contributed by atoms with Crippen molar-refractivity contribution >= 4 is 11.9 Å². The molecule has 0 aliphatic carbocycles. The summed E-state index contributed by atoms with van der Waals surface area (Å²) in [6.45, 7) is 1.95. The van der Waals surface area contributed by atoms with Crippen molar-refractivity contribution < 1.29 is 14.7 Å². The number of rotatable bonds is 2. The molecule has 1 heterocycles. The molecule has 2 unspecified atom stereocenters. The maximum absolute atomic E-state index is 11.4. The van der Waals surface area contributed by atoms with Crippen molar-refractivity contribution in [3.8, 4) is 0 Å². The lowest BCUT2D eigenvalue weighted by Crippen LogP contribution is -2.48. The highest BCUT2D eigenvalue weighted by molar-refractivity contribution is 5.82. The maximum Gasteiger partial charge on any atom is 0.326 e. The van der Waals surface area contributed by atoms with E-state index in [9.17, 15) is 14.7 Å². The molecule has 0 saturated carbocycles. The zero-order valence-corrected chi connectivity index (χ0v) is 10.4. The van der Waals surface area contributed by atoms with Gasteiger partial charge in [-0.1, -0.05) is 30.3 Å². The number of carbonyl (C=O) groups is 2. The summed E-state index contributed by atoms with van der Waals surface area (Å²) >= 11 is 0. The highest BCUT2D eigenvalue weighted by Gasteiger charge is 2.35. The van der Waals surface area contributed by atoms with Crippen LogP contribution >= 0.6 is 0 Å². The Morgan fingerprint density at radius 1 is 1.28 bits per heavy atom. The number of carbonyl (C=O) groups excluding carboxylic acids is 1. The third-order valence-electron chi connectivity index (χ3n) is 3.56. The fourth-order valence-corrected chi connectivity index (χ4v) is 2.60. The first kappa shape index (κ1) is 12.6. The molecule has 1 aromatic carbocycles. The van der Waals surface area contributed by atoms with E-state index in [4.69, 9.17) is 0 Å². The Kier molecular flexibility index (Phi) is 3.65. The number of benzene rings is 1. The average Bonchev–Trinajstić information content (AvgIpc) is 2.39. The zero-order valence-electron chi connectivity index (χ0n) is 10.4. The summed E-state index contributed by atoms with van der Waals surface area (Å²) in [6, 6.07) is 9.22. The van der Waals surface area contributed by atoms with Gasteiger partial charge in [0.2, 0.25) is 5.91 Å². The molecule has 0 radical (unpaired) electrons. The van der Waals surface area contributed by atoms with Gasteiger partial charge in [0.15, 0.2) is 0 Å². The van der Waals surface area contributed by atoms with Crippen molar-refractivity contribution in [3.63, 3.8) is 0 Å². The number of aliphatic carboxylic acids is 1. The Morgan fingerprint density at radius 2 is 1.94 bits per heavy atom. The maximum atomic E-state index is 11.4. The molecule has 1 aliphatic rings. The van der Waals surface area contributed by atoms with Crippen LogP contribution in [0.25, 0.3) is 0 Å². The Balaban J connectivity index is 2.16. The lowest BCUT2D eigenvalue weighted by Gasteiger charge is -2.36. The quantitative estimate of drug-likeness (QED) is 0.868. The van der Waals surface area contributed by atoms with Gasteiger partial charge in [0, 0.05) is 13.5 Å². The van der Waals surface area contributed by atoms with E-state index in [0.29, 0.717) is 13.0 Å². The molecule has 2 rings (SSSR count). The van der Waals surface area contributed by atoms with Crippen LogP contribution in [0.5, 0.6) is 0 Å². The summed E-state index contributed by atoms with van der Waals surface area (Å²) in [5.41, 5.74) is 1.16. The molecule has 1 amide bonds. The van der Waals surface area contributed by atoms with Crippen molar-refractivity contribution in [2.45, 2.75) is 31.7 Å². The van der Waals surface area contributed by atoms with Gasteiger partial charge in [-0.05, 0) is 24.3 Å². The number of piperidine rings is 1. The summed E-state index contributed by atoms with van der Waals surface area (Å²) < 4.78 is 0. The molecular weight excluding hydrogens is 230 g/mol. The Hall–Kier alpha value is -1.84. The van der Waals surface area contributed by atoms with E-state index >= 15 is 0 Å². The van der Waals surface area contributed by atoms with Crippen LogP contribution in [-0.2, 0) is 9.59 Å². The molecule has 18 heavy (non-hydrogen) atoms. The molecule has 1 aromatic rings. The van der Waals surface area contributed by atoms with Crippen LogP contribution in [-0.4, -0.2) is 34.5 Å². The molecule has 0 bridgehead atoms. The van der Waals surface area contributed by atoms with Crippen LogP contribution in [0.3, 0.4) is 0 Å². The summed E-state index contributed by atoms with van der Waals surface area (Å²) in [4.78, 5) is 24.1. The topological polar surface area (TPSA) is 57.6 Å². The van der Waals surface area contributed by atoms with E-state index in [1.807, 2.05) is 30.3 Å². The van der Waals surface area contributed by atoms with Crippen LogP contribution in [0.1, 0.15) is 31.2 Å². The van der Waals surface area contributed by atoms with Crippen LogP contribution in [0.15, 0.2) is 30.3 Å². The SMILES string of the molecule is CC(=O)N1CCC(c2ccccc2)CC1C(=O)O. The normalized spacial score (nSPS) is 23.7. The number of amides is 1. The third-order valence-corrected chi connectivity index (χ3v) is 3.56. The van der Waals surface area contributed by atoms with Crippen LogP contribution in [0.4, 0.5) is 0 Å². The molecule has 2 atom stereocenters. The number of hydrogen-bond donors (Lipinski definition) is 1. The van der Waals surface area contributed by atoms with Crippen LogP contribution < -0.4 is 0 Å². The van der Waals surface area contributed by atoms with Gasteiger partial charge in [-0.15, -0.1) is 0 Å². The van der Waals surface area contributed by atoms with E-state index in [1.54, 1.807) is 0 Å². The molecular formula is C14H17NO3. The highest BCUT2D eigenvalue weighted by Crippen LogP contribution is 2.31. The Bertz CT molecular complexity index is 444. The Labute approximate surface area is 106 Å². The van der Waals surface area contributed by atoms with Crippen molar-refractivity contribution in [2.75, 3.05) is 6.54 Å². The number of likely N-dealkylation sites (tertiary alicyclic amines) is 1. The number of nitrogens with zero attached hydrogens (tertiary/aromatic N) is 1. The zero-order chi connectivity index (χ0) is 13.1. The summed E-state index contributed by atoms with van der Waals surface area (Å²) in [7, 11) is 0. The van der Waals surface area contributed by atoms with Gasteiger partial charge in [-0.3, -0.25) is 4.79 Å². The van der Waals surface area contributed by atoms with Crippen LogP contribution in [0, 0.1) is 0 Å². The molecule has 96 valence electrons. The Morgan fingerprint density at radius 3 is 2.50 bits per heavy atom. The van der Waals surface area contributed by atoms with E-state index in [0.717, 1.165) is 12.0 Å². The standard InChI is InChI=1S/C14H17NO3/c1-10(16)15-8-7-12(9-13(15)14(17)18)11-5-3-2-4-6-11/h2-6,12-13H,7-9H2,1H3,(H,17,18). The van der Waals surface area contributed by atoms with Crippen molar-refractivity contribution in [3.05, 3.63) is 35.9 Å². The molecule has 1 N–H and O–H groups in total. The van der Waals surface area contributed by atoms with Gasteiger partial charge < -0.3 is 10.0 Å². The van der Waals surface area contributed by atoms with E-state index in [1.165, 1.54) is 11.8 Å². The first-order chi connectivity index (χ1) is 8.59. The van der Waals surface area contributed by atoms with Gasteiger partial charge in [-0.2, -0.15) is 0 Å². The van der Waals surface area contributed by atoms with Gasteiger partial charge in [-0.25, -0.2) is 4.79 Å². The van der Waals surface area contributed by atoms with E-state index in [-0.39, 0.29) is 11.8 Å². The lowest BCUT2D eigenvalue weighted by molar-refractivity contribution is -0.151. The second-order valence-electron chi connectivity index (χ2n) is 4.70. The van der Waals surface area contributed by atoms with Crippen molar-refractivity contribution in [2.24, 2.45) is 0 Å².